The van der Waals surface area contributed by atoms with E-state index < -0.39 is 9.84 Å². The van der Waals surface area contributed by atoms with E-state index in [2.05, 4.69) is 21.2 Å². The average Bonchev–Trinajstić information content (AvgIpc) is 2.30. The SMILES string of the molecule is Cl.O=S(=O)(CC1CCCNC1)c1ccc(Br)cc1. The molecule has 1 aromatic rings. The largest absolute Gasteiger partial charge is 0.316 e. The molecule has 0 bridgehead atoms. The van der Waals surface area contributed by atoms with E-state index in [-0.39, 0.29) is 24.1 Å². The highest BCUT2D eigenvalue weighted by Crippen LogP contribution is 2.20. The summed E-state index contributed by atoms with van der Waals surface area (Å²) in [4.78, 5) is 0.422. The Hall–Kier alpha value is -0.100. The molecule has 18 heavy (non-hydrogen) atoms. The highest BCUT2D eigenvalue weighted by atomic mass is 79.9. The quantitative estimate of drug-likeness (QED) is 0.907. The summed E-state index contributed by atoms with van der Waals surface area (Å²) in [6.07, 6.45) is 2.07. The lowest BCUT2D eigenvalue weighted by atomic mass is 10.0. The van der Waals surface area contributed by atoms with Crippen molar-refractivity contribution in [1.82, 2.24) is 5.32 Å². The van der Waals surface area contributed by atoms with Crippen LogP contribution < -0.4 is 5.32 Å². The molecule has 6 heteroatoms. The van der Waals surface area contributed by atoms with Crippen molar-refractivity contribution < 1.29 is 8.42 Å². The van der Waals surface area contributed by atoms with Gasteiger partial charge in [0, 0.05) is 4.47 Å². The Labute approximate surface area is 123 Å². The fourth-order valence-corrected chi connectivity index (χ4v) is 4.03. The number of benzene rings is 1. The number of halogens is 2. The Bertz CT molecular complexity index is 469. The van der Waals surface area contributed by atoms with Crippen LogP contribution in [-0.2, 0) is 9.84 Å². The number of nitrogens with one attached hydrogen (secondary N) is 1. The standard InChI is InChI=1S/C12H16BrNO2S.ClH/c13-11-3-5-12(6-4-11)17(15,16)9-10-2-1-7-14-8-10;/h3-6,10,14H,1-2,7-9H2;1H. The smallest absolute Gasteiger partial charge is 0.178 e. The molecule has 0 radical (unpaired) electrons. The molecule has 1 aliphatic rings. The first-order valence-electron chi connectivity index (χ1n) is 5.77. The van der Waals surface area contributed by atoms with E-state index in [1.165, 1.54) is 0 Å². The monoisotopic (exact) mass is 353 g/mol. The molecule has 1 atom stereocenters. The first-order valence-corrected chi connectivity index (χ1v) is 8.21. The van der Waals surface area contributed by atoms with E-state index in [0.717, 1.165) is 30.4 Å². The highest BCUT2D eigenvalue weighted by Gasteiger charge is 2.22. The summed E-state index contributed by atoms with van der Waals surface area (Å²) in [5.41, 5.74) is 0. The van der Waals surface area contributed by atoms with Crippen LogP contribution in [0.25, 0.3) is 0 Å². The number of hydrogen-bond acceptors (Lipinski definition) is 3. The Kier molecular flexibility index (Phi) is 6.11. The lowest BCUT2D eigenvalue weighted by Crippen LogP contribution is -2.33. The minimum absolute atomic E-state index is 0. The van der Waals surface area contributed by atoms with Gasteiger partial charge in [0.1, 0.15) is 0 Å². The van der Waals surface area contributed by atoms with Gasteiger partial charge in [0.15, 0.2) is 9.84 Å². The van der Waals surface area contributed by atoms with Crippen LogP contribution >= 0.6 is 28.3 Å². The number of sulfone groups is 1. The summed E-state index contributed by atoms with van der Waals surface area (Å²) in [7, 11) is -3.14. The summed E-state index contributed by atoms with van der Waals surface area (Å²) < 4.78 is 25.2. The van der Waals surface area contributed by atoms with E-state index in [0.29, 0.717) is 4.90 Å². The number of rotatable bonds is 3. The van der Waals surface area contributed by atoms with Crippen molar-refractivity contribution in [2.24, 2.45) is 5.92 Å². The van der Waals surface area contributed by atoms with Gasteiger partial charge in [-0.2, -0.15) is 0 Å². The molecule has 1 aromatic carbocycles. The van der Waals surface area contributed by atoms with Crippen molar-refractivity contribution >= 4 is 38.2 Å². The van der Waals surface area contributed by atoms with Crippen molar-refractivity contribution in [3.05, 3.63) is 28.7 Å². The van der Waals surface area contributed by atoms with Gasteiger partial charge in [-0.25, -0.2) is 8.42 Å². The van der Waals surface area contributed by atoms with Crippen LogP contribution in [0.2, 0.25) is 0 Å². The fourth-order valence-electron chi connectivity index (χ4n) is 2.11. The first-order chi connectivity index (χ1) is 8.08. The molecular formula is C12H17BrClNO2S. The average molecular weight is 355 g/mol. The third-order valence-corrected chi connectivity index (χ3v) is 5.46. The maximum Gasteiger partial charge on any atom is 0.178 e. The van der Waals surface area contributed by atoms with Gasteiger partial charge in [0.2, 0.25) is 0 Å². The Morgan fingerprint density at radius 3 is 2.50 bits per heavy atom. The van der Waals surface area contributed by atoms with Crippen molar-refractivity contribution in [3.8, 4) is 0 Å². The Morgan fingerprint density at radius 2 is 1.94 bits per heavy atom. The molecule has 2 rings (SSSR count). The zero-order chi connectivity index (χ0) is 12.3. The lowest BCUT2D eigenvalue weighted by Gasteiger charge is -2.22. The van der Waals surface area contributed by atoms with E-state index in [1.807, 2.05) is 0 Å². The summed E-state index contributed by atoms with van der Waals surface area (Å²) in [6, 6.07) is 6.86. The molecule has 102 valence electrons. The second-order valence-corrected chi connectivity index (χ2v) is 7.40. The third kappa shape index (κ3) is 4.23. The van der Waals surface area contributed by atoms with E-state index in [9.17, 15) is 8.42 Å². The molecule has 1 unspecified atom stereocenters. The van der Waals surface area contributed by atoms with Gasteiger partial charge >= 0.3 is 0 Å². The van der Waals surface area contributed by atoms with E-state index in [1.54, 1.807) is 24.3 Å². The molecule has 3 nitrogen and oxygen atoms in total. The van der Waals surface area contributed by atoms with Gasteiger partial charge in [0.05, 0.1) is 10.6 Å². The molecule has 1 heterocycles. The first kappa shape index (κ1) is 16.0. The second kappa shape index (κ2) is 6.89. The van der Waals surface area contributed by atoms with Crippen LogP contribution in [-0.4, -0.2) is 27.3 Å². The van der Waals surface area contributed by atoms with Crippen LogP contribution in [0.1, 0.15) is 12.8 Å². The van der Waals surface area contributed by atoms with Gasteiger partial charge in [-0.05, 0) is 56.1 Å². The zero-order valence-electron chi connectivity index (χ0n) is 9.93. The molecule has 0 spiro atoms. The van der Waals surface area contributed by atoms with Crippen LogP contribution in [0.15, 0.2) is 33.6 Å². The number of piperidine rings is 1. The highest BCUT2D eigenvalue weighted by molar-refractivity contribution is 9.10. The fraction of sp³-hybridized carbons (Fsp3) is 0.500. The molecule has 1 aliphatic heterocycles. The van der Waals surface area contributed by atoms with Crippen molar-refractivity contribution in [1.29, 1.82) is 0 Å². The van der Waals surface area contributed by atoms with Gasteiger partial charge in [-0.3, -0.25) is 0 Å². The van der Waals surface area contributed by atoms with E-state index in [4.69, 9.17) is 0 Å². The summed E-state index contributed by atoms with van der Waals surface area (Å²) in [5, 5.41) is 3.25. The predicted octanol–water partition coefficient (Wildman–Crippen LogP) is 2.64. The predicted molar refractivity (Wildman–Crippen MR) is 79.0 cm³/mol. The van der Waals surface area contributed by atoms with Crippen molar-refractivity contribution in [2.75, 3.05) is 18.8 Å². The lowest BCUT2D eigenvalue weighted by molar-refractivity contribution is 0.404. The minimum atomic E-state index is -3.14. The second-order valence-electron chi connectivity index (χ2n) is 4.45. The molecule has 0 amide bonds. The van der Waals surface area contributed by atoms with Crippen molar-refractivity contribution in [3.63, 3.8) is 0 Å². The molecule has 0 saturated carbocycles. The van der Waals surface area contributed by atoms with Gasteiger partial charge < -0.3 is 5.32 Å². The summed E-state index contributed by atoms with van der Waals surface area (Å²) in [5.74, 6) is 0.499. The molecule has 1 saturated heterocycles. The van der Waals surface area contributed by atoms with Gasteiger partial charge in [0.25, 0.3) is 0 Å². The molecular weight excluding hydrogens is 338 g/mol. The molecule has 1 N–H and O–H groups in total. The molecule has 0 aromatic heterocycles. The number of hydrogen-bond donors (Lipinski definition) is 1. The zero-order valence-corrected chi connectivity index (χ0v) is 13.2. The van der Waals surface area contributed by atoms with E-state index >= 15 is 0 Å². The summed E-state index contributed by atoms with van der Waals surface area (Å²) in [6.45, 7) is 1.82. The third-order valence-electron chi connectivity index (χ3n) is 3.03. The van der Waals surface area contributed by atoms with Crippen LogP contribution in [0.3, 0.4) is 0 Å². The van der Waals surface area contributed by atoms with Crippen LogP contribution in [0.4, 0.5) is 0 Å². The normalized spacial score (nSPS) is 20.2. The molecule has 0 aliphatic carbocycles. The van der Waals surface area contributed by atoms with Crippen LogP contribution in [0, 0.1) is 5.92 Å². The van der Waals surface area contributed by atoms with Crippen LogP contribution in [0.5, 0.6) is 0 Å². The Morgan fingerprint density at radius 1 is 1.28 bits per heavy atom. The summed E-state index contributed by atoms with van der Waals surface area (Å²) >= 11 is 3.31. The minimum Gasteiger partial charge on any atom is -0.316 e. The maximum atomic E-state index is 12.2. The van der Waals surface area contributed by atoms with Gasteiger partial charge in [-0.15, -0.1) is 12.4 Å². The Balaban J connectivity index is 0.00000162. The van der Waals surface area contributed by atoms with Gasteiger partial charge in [-0.1, -0.05) is 15.9 Å². The van der Waals surface area contributed by atoms with Crippen molar-refractivity contribution in [2.45, 2.75) is 17.7 Å². The maximum absolute atomic E-state index is 12.2. The molecule has 1 fully saturated rings. The topological polar surface area (TPSA) is 46.2 Å².